The Kier molecular flexibility index (Phi) is 4.35. The Morgan fingerprint density at radius 2 is 2.11 bits per heavy atom. The number of nitrogens with zero attached hydrogens (tertiary/aromatic N) is 3. The van der Waals surface area contributed by atoms with Gasteiger partial charge in [0.05, 0.1) is 22.2 Å². The summed E-state index contributed by atoms with van der Waals surface area (Å²) in [7, 11) is 1.61. The molecule has 8 heteroatoms. The number of fused-ring (bicyclic) bond motifs is 1. The van der Waals surface area contributed by atoms with Gasteiger partial charge in [-0.05, 0) is 48.2 Å². The number of benzene rings is 1. The summed E-state index contributed by atoms with van der Waals surface area (Å²) in [4.78, 5) is 35.1. The average Bonchev–Trinajstić information content (AvgIpc) is 3.14. The summed E-state index contributed by atoms with van der Waals surface area (Å²) in [6.07, 6.45) is 0.206. The third kappa shape index (κ3) is 3.22. The van der Waals surface area contributed by atoms with Gasteiger partial charge in [-0.2, -0.15) is 0 Å². The topological polar surface area (TPSA) is 101 Å². The SMILES string of the molecule is CN1C(=O)CC(C)(c2cccc(NC(=O)c3ccc4sccc4n3)c2)N=C1N. The van der Waals surface area contributed by atoms with Crippen LogP contribution in [0.4, 0.5) is 5.69 Å². The highest BCUT2D eigenvalue weighted by molar-refractivity contribution is 7.17. The van der Waals surface area contributed by atoms with E-state index < -0.39 is 5.54 Å². The summed E-state index contributed by atoms with van der Waals surface area (Å²) in [6, 6.07) is 12.8. The summed E-state index contributed by atoms with van der Waals surface area (Å²) in [6.45, 7) is 1.86. The van der Waals surface area contributed by atoms with Crippen LogP contribution in [0.25, 0.3) is 10.2 Å². The Balaban J connectivity index is 1.60. The van der Waals surface area contributed by atoms with Crippen LogP contribution in [-0.2, 0) is 10.3 Å². The number of nitrogens with one attached hydrogen (secondary N) is 1. The van der Waals surface area contributed by atoms with Crippen molar-refractivity contribution < 1.29 is 9.59 Å². The summed E-state index contributed by atoms with van der Waals surface area (Å²) >= 11 is 1.58. The molecule has 0 saturated carbocycles. The molecule has 0 radical (unpaired) electrons. The van der Waals surface area contributed by atoms with Crippen molar-refractivity contribution in [2.24, 2.45) is 10.7 Å². The standard InChI is InChI=1S/C20H19N5O2S/c1-20(11-17(26)25(2)19(21)24-20)12-4-3-5-13(10-12)22-18(27)15-6-7-16-14(23-15)8-9-28-16/h3-10H,11H2,1-2H3,(H2,21,24)(H,22,27). The Bertz CT molecular complexity index is 1120. The van der Waals surface area contributed by atoms with Crippen LogP contribution >= 0.6 is 11.3 Å². The molecule has 1 aliphatic rings. The summed E-state index contributed by atoms with van der Waals surface area (Å²) in [5, 5.41) is 4.81. The van der Waals surface area contributed by atoms with E-state index >= 15 is 0 Å². The number of hydrogen-bond acceptors (Lipinski definition) is 6. The zero-order valence-corrected chi connectivity index (χ0v) is 16.3. The van der Waals surface area contributed by atoms with Gasteiger partial charge in [0.1, 0.15) is 5.69 Å². The van der Waals surface area contributed by atoms with Gasteiger partial charge in [-0.15, -0.1) is 11.3 Å². The minimum atomic E-state index is -0.776. The lowest BCUT2D eigenvalue weighted by Gasteiger charge is -2.33. The van der Waals surface area contributed by atoms with E-state index in [1.165, 1.54) is 4.90 Å². The van der Waals surface area contributed by atoms with Gasteiger partial charge in [0.25, 0.3) is 5.91 Å². The molecule has 3 heterocycles. The van der Waals surface area contributed by atoms with Crippen LogP contribution in [0, 0.1) is 0 Å². The van der Waals surface area contributed by atoms with E-state index in [2.05, 4.69) is 15.3 Å². The number of carbonyl (C=O) groups is 2. The van der Waals surface area contributed by atoms with Gasteiger partial charge in [0.2, 0.25) is 5.91 Å². The largest absolute Gasteiger partial charge is 0.369 e. The van der Waals surface area contributed by atoms with Gasteiger partial charge < -0.3 is 11.1 Å². The number of rotatable bonds is 3. The second kappa shape index (κ2) is 6.72. The smallest absolute Gasteiger partial charge is 0.274 e. The fourth-order valence-corrected chi connectivity index (χ4v) is 3.91. The molecule has 1 aliphatic heterocycles. The van der Waals surface area contributed by atoms with Crippen molar-refractivity contribution in [3.05, 3.63) is 59.1 Å². The van der Waals surface area contributed by atoms with Crippen molar-refractivity contribution >= 4 is 45.0 Å². The summed E-state index contributed by atoms with van der Waals surface area (Å²) in [5.74, 6) is -0.211. The molecule has 28 heavy (non-hydrogen) atoms. The molecule has 2 amide bonds. The molecular formula is C20H19N5O2S. The fraction of sp³-hybridized carbons (Fsp3) is 0.200. The number of aliphatic imine (C=N–C) groups is 1. The van der Waals surface area contributed by atoms with Crippen LogP contribution in [-0.4, -0.2) is 34.7 Å². The molecule has 1 unspecified atom stereocenters. The first kappa shape index (κ1) is 18.1. The number of nitrogens with two attached hydrogens (primary N) is 1. The highest BCUT2D eigenvalue weighted by Crippen LogP contribution is 2.34. The first-order chi connectivity index (χ1) is 13.4. The third-order valence-electron chi connectivity index (χ3n) is 4.86. The lowest BCUT2D eigenvalue weighted by atomic mass is 9.87. The van der Waals surface area contributed by atoms with E-state index in [1.54, 1.807) is 30.5 Å². The van der Waals surface area contributed by atoms with Gasteiger partial charge >= 0.3 is 0 Å². The number of anilines is 1. The minimum Gasteiger partial charge on any atom is -0.369 e. The lowest BCUT2D eigenvalue weighted by Crippen LogP contribution is -2.47. The molecule has 1 aromatic carbocycles. The van der Waals surface area contributed by atoms with Gasteiger partial charge in [0.15, 0.2) is 5.96 Å². The van der Waals surface area contributed by atoms with Crippen molar-refractivity contribution in [1.82, 2.24) is 9.88 Å². The van der Waals surface area contributed by atoms with Gasteiger partial charge in [0, 0.05) is 12.7 Å². The van der Waals surface area contributed by atoms with Crippen molar-refractivity contribution in [3.63, 3.8) is 0 Å². The Labute approximate surface area is 165 Å². The average molecular weight is 393 g/mol. The maximum atomic E-state index is 12.6. The second-order valence-electron chi connectivity index (χ2n) is 6.91. The predicted octanol–water partition coefficient (Wildman–Crippen LogP) is 2.94. The first-order valence-electron chi connectivity index (χ1n) is 8.74. The fourth-order valence-electron chi connectivity index (χ4n) is 3.18. The maximum Gasteiger partial charge on any atom is 0.274 e. The number of guanidine groups is 1. The molecule has 2 aromatic heterocycles. The molecule has 142 valence electrons. The van der Waals surface area contributed by atoms with Crippen LogP contribution in [0.1, 0.15) is 29.4 Å². The van der Waals surface area contributed by atoms with E-state index in [9.17, 15) is 9.59 Å². The molecular weight excluding hydrogens is 374 g/mol. The van der Waals surface area contributed by atoms with Crippen LogP contribution in [0.2, 0.25) is 0 Å². The molecule has 4 rings (SSSR count). The number of hydrogen-bond donors (Lipinski definition) is 2. The molecule has 0 spiro atoms. The highest BCUT2D eigenvalue weighted by atomic mass is 32.1. The second-order valence-corrected chi connectivity index (χ2v) is 7.86. The lowest BCUT2D eigenvalue weighted by molar-refractivity contribution is -0.128. The van der Waals surface area contributed by atoms with Crippen LogP contribution in [0.15, 0.2) is 52.8 Å². The molecule has 3 N–H and O–H groups in total. The Morgan fingerprint density at radius 1 is 1.29 bits per heavy atom. The number of thiophene rings is 1. The van der Waals surface area contributed by atoms with Crippen molar-refractivity contribution in [1.29, 1.82) is 0 Å². The maximum absolute atomic E-state index is 12.6. The summed E-state index contributed by atoms with van der Waals surface area (Å²) in [5.41, 5.74) is 7.67. The van der Waals surface area contributed by atoms with Crippen LogP contribution in [0.3, 0.4) is 0 Å². The van der Waals surface area contributed by atoms with E-state index in [0.717, 1.165) is 15.8 Å². The Morgan fingerprint density at radius 3 is 2.89 bits per heavy atom. The zero-order chi connectivity index (χ0) is 19.9. The minimum absolute atomic E-state index is 0.0993. The van der Waals surface area contributed by atoms with E-state index in [0.29, 0.717) is 11.4 Å². The molecule has 1 atom stereocenters. The zero-order valence-electron chi connectivity index (χ0n) is 15.5. The number of aromatic nitrogens is 1. The van der Waals surface area contributed by atoms with Crippen molar-refractivity contribution in [2.45, 2.75) is 18.9 Å². The van der Waals surface area contributed by atoms with E-state index in [1.807, 2.05) is 42.6 Å². The molecule has 0 bridgehead atoms. The van der Waals surface area contributed by atoms with E-state index in [4.69, 9.17) is 5.73 Å². The molecule has 0 aliphatic carbocycles. The first-order valence-corrected chi connectivity index (χ1v) is 9.62. The molecule has 7 nitrogen and oxygen atoms in total. The quantitative estimate of drug-likeness (QED) is 0.714. The van der Waals surface area contributed by atoms with Crippen molar-refractivity contribution in [2.75, 3.05) is 12.4 Å². The highest BCUT2D eigenvalue weighted by Gasteiger charge is 2.36. The normalized spacial score (nSPS) is 19.6. The predicted molar refractivity (Wildman–Crippen MR) is 110 cm³/mol. The van der Waals surface area contributed by atoms with Gasteiger partial charge in [-0.3, -0.25) is 14.5 Å². The van der Waals surface area contributed by atoms with Gasteiger partial charge in [-0.1, -0.05) is 12.1 Å². The third-order valence-corrected chi connectivity index (χ3v) is 5.73. The van der Waals surface area contributed by atoms with Gasteiger partial charge in [-0.25, -0.2) is 9.98 Å². The Hall–Kier alpha value is -3.26. The molecule has 0 saturated heterocycles. The molecule has 3 aromatic rings. The van der Waals surface area contributed by atoms with Crippen molar-refractivity contribution in [3.8, 4) is 0 Å². The number of carbonyl (C=O) groups excluding carboxylic acids is 2. The number of amides is 2. The van der Waals surface area contributed by atoms with Crippen LogP contribution < -0.4 is 11.1 Å². The summed E-state index contributed by atoms with van der Waals surface area (Å²) < 4.78 is 1.04. The number of pyridine rings is 1. The van der Waals surface area contributed by atoms with Crippen LogP contribution in [0.5, 0.6) is 0 Å². The van der Waals surface area contributed by atoms with E-state index in [-0.39, 0.29) is 24.2 Å². The molecule has 0 fully saturated rings. The monoisotopic (exact) mass is 393 g/mol.